The van der Waals surface area contributed by atoms with Crippen LogP contribution in [0.1, 0.15) is 10.5 Å². The third-order valence-corrected chi connectivity index (χ3v) is 2.66. The molecule has 0 spiro atoms. The summed E-state index contributed by atoms with van der Waals surface area (Å²) in [6.45, 7) is 0. The molecule has 0 saturated heterocycles. The van der Waals surface area contributed by atoms with Gasteiger partial charge in [-0.1, -0.05) is 23.7 Å². The first-order valence-electron chi connectivity index (χ1n) is 4.98. The lowest BCUT2D eigenvalue weighted by Gasteiger charge is -2.04. The second-order valence-corrected chi connectivity index (χ2v) is 3.76. The molecule has 1 heterocycles. The van der Waals surface area contributed by atoms with Crippen LogP contribution in [0.3, 0.4) is 0 Å². The summed E-state index contributed by atoms with van der Waals surface area (Å²) in [5.74, 6) is -1.12. The zero-order chi connectivity index (χ0) is 13.1. The van der Waals surface area contributed by atoms with Crippen molar-refractivity contribution in [1.82, 2.24) is 9.97 Å². The van der Waals surface area contributed by atoms with Crippen molar-refractivity contribution in [2.75, 3.05) is 7.11 Å². The molecule has 4 nitrogen and oxygen atoms in total. The second-order valence-electron chi connectivity index (χ2n) is 3.38. The Bertz CT molecular complexity index is 587. The third-order valence-electron chi connectivity index (χ3n) is 2.27. The van der Waals surface area contributed by atoms with Gasteiger partial charge in [-0.25, -0.2) is 14.2 Å². The van der Waals surface area contributed by atoms with Crippen molar-refractivity contribution in [3.05, 3.63) is 47.1 Å². The molecule has 0 saturated carbocycles. The Balaban J connectivity index is 2.40. The third kappa shape index (κ3) is 2.31. The van der Waals surface area contributed by atoms with Crippen LogP contribution in [0.25, 0.3) is 11.3 Å². The molecule has 18 heavy (non-hydrogen) atoms. The minimum atomic E-state index is -0.584. The fraction of sp³-hybridized carbons (Fsp3) is 0.0833. The summed E-state index contributed by atoms with van der Waals surface area (Å²) < 4.78 is 17.8. The topological polar surface area (TPSA) is 52.1 Å². The number of rotatable bonds is 2. The van der Waals surface area contributed by atoms with Gasteiger partial charge >= 0.3 is 5.97 Å². The maximum Gasteiger partial charge on any atom is 0.358 e. The molecule has 2 rings (SSSR count). The predicted octanol–water partition coefficient (Wildman–Crippen LogP) is 2.72. The normalized spacial score (nSPS) is 10.2. The molecule has 0 bridgehead atoms. The lowest BCUT2D eigenvalue weighted by molar-refractivity contribution is 0.0593. The molecule has 2 aromatic rings. The quantitative estimate of drug-likeness (QED) is 0.784. The maximum absolute atomic E-state index is 13.3. The summed E-state index contributed by atoms with van der Waals surface area (Å²) in [5.41, 5.74) is 0.876. The van der Waals surface area contributed by atoms with E-state index in [1.165, 1.54) is 31.6 Å². The zero-order valence-corrected chi connectivity index (χ0v) is 10.1. The van der Waals surface area contributed by atoms with Crippen LogP contribution < -0.4 is 0 Å². The first-order valence-corrected chi connectivity index (χ1v) is 5.36. The van der Waals surface area contributed by atoms with E-state index in [1.807, 2.05) is 0 Å². The largest absolute Gasteiger partial charge is 0.464 e. The van der Waals surface area contributed by atoms with E-state index in [0.717, 1.165) is 0 Å². The second kappa shape index (κ2) is 5.10. The van der Waals surface area contributed by atoms with Gasteiger partial charge in [-0.15, -0.1) is 0 Å². The van der Waals surface area contributed by atoms with E-state index in [4.69, 9.17) is 11.6 Å². The van der Waals surface area contributed by atoms with Gasteiger partial charge in [0.15, 0.2) is 5.69 Å². The van der Waals surface area contributed by atoms with E-state index in [2.05, 4.69) is 14.7 Å². The summed E-state index contributed by atoms with van der Waals surface area (Å²) in [6, 6.07) is 4.39. The van der Waals surface area contributed by atoms with Gasteiger partial charge in [-0.2, -0.15) is 0 Å². The molecule has 92 valence electrons. The highest BCUT2D eigenvalue weighted by molar-refractivity contribution is 6.33. The Morgan fingerprint density at radius 1 is 1.33 bits per heavy atom. The van der Waals surface area contributed by atoms with Gasteiger partial charge in [-0.05, 0) is 6.07 Å². The van der Waals surface area contributed by atoms with Gasteiger partial charge in [0.25, 0.3) is 0 Å². The fourth-order valence-electron chi connectivity index (χ4n) is 1.38. The van der Waals surface area contributed by atoms with Crippen LogP contribution in [0.4, 0.5) is 4.39 Å². The lowest BCUT2D eigenvalue weighted by Crippen LogP contribution is -2.04. The van der Waals surface area contributed by atoms with Crippen LogP contribution in [0.5, 0.6) is 0 Å². The van der Waals surface area contributed by atoms with Crippen molar-refractivity contribution in [3.8, 4) is 11.3 Å². The molecule has 0 aliphatic heterocycles. The highest BCUT2D eigenvalue weighted by Gasteiger charge is 2.11. The van der Waals surface area contributed by atoms with E-state index in [9.17, 15) is 9.18 Å². The Kier molecular flexibility index (Phi) is 3.53. The number of halogens is 2. The molecule has 0 aliphatic rings. The lowest BCUT2D eigenvalue weighted by atomic mass is 10.1. The summed E-state index contributed by atoms with van der Waals surface area (Å²) in [5, 5.41) is -0.0300. The van der Waals surface area contributed by atoms with Crippen LogP contribution in [-0.4, -0.2) is 23.0 Å². The van der Waals surface area contributed by atoms with Crippen LogP contribution in [0.15, 0.2) is 30.6 Å². The van der Waals surface area contributed by atoms with E-state index in [0.29, 0.717) is 11.3 Å². The number of methoxy groups -OCH3 is 1. The number of aromatic nitrogens is 2. The van der Waals surface area contributed by atoms with Gasteiger partial charge in [0, 0.05) is 5.56 Å². The zero-order valence-electron chi connectivity index (χ0n) is 9.35. The molecule has 0 fully saturated rings. The Labute approximate surface area is 107 Å². The summed E-state index contributed by atoms with van der Waals surface area (Å²) in [7, 11) is 1.25. The van der Waals surface area contributed by atoms with Gasteiger partial charge in [-0.3, -0.25) is 4.98 Å². The standard InChI is InChI=1S/C12H8ClFN2O2/c1-18-12(17)10-6-15-9(5-16-10)7-3-2-4-8(14)11(7)13/h2-6H,1H3. The average molecular weight is 267 g/mol. The van der Waals surface area contributed by atoms with Crippen molar-refractivity contribution < 1.29 is 13.9 Å². The number of ether oxygens (including phenoxy) is 1. The number of esters is 1. The highest BCUT2D eigenvalue weighted by atomic mass is 35.5. The summed E-state index contributed by atoms with van der Waals surface area (Å²) in [4.78, 5) is 19.1. The SMILES string of the molecule is COC(=O)c1cnc(-c2cccc(F)c2Cl)cn1. The molecule has 6 heteroatoms. The van der Waals surface area contributed by atoms with Crippen LogP contribution in [-0.2, 0) is 4.74 Å². The minimum Gasteiger partial charge on any atom is -0.464 e. The molecule has 0 atom stereocenters. The van der Waals surface area contributed by atoms with Gasteiger partial charge in [0.1, 0.15) is 5.82 Å². The van der Waals surface area contributed by atoms with E-state index < -0.39 is 11.8 Å². The average Bonchev–Trinajstić information content (AvgIpc) is 2.41. The van der Waals surface area contributed by atoms with Crippen molar-refractivity contribution >= 4 is 17.6 Å². The molecule has 0 aliphatic carbocycles. The smallest absolute Gasteiger partial charge is 0.358 e. The predicted molar refractivity (Wildman–Crippen MR) is 63.8 cm³/mol. The molecular weight excluding hydrogens is 259 g/mol. The summed E-state index contributed by atoms with van der Waals surface area (Å²) >= 11 is 5.82. The van der Waals surface area contributed by atoms with Crippen molar-refractivity contribution in [2.45, 2.75) is 0 Å². The number of benzene rings is 1. The first kappa shape index (κ1) is 12.4. The number of carbonyl (C=O) groups excluding carboxylic acids is 1. The maximum atomic E-state index is 13.3. The highest BCUT2D eigenvalue weighted by Crippen LogP contribution is 2.27. The van der Waals surface area contributed by atoms with E-state index in [1.54, 1.807) is 6.07 Å². The minimum absolute atomic E-state index is 0.0300. The number of hydrogen-bond acceptors (Lipinski definition) is 4. The Morgan fingerprint density at radius 3 is 2.72 bits per heavy atom. The van der Waals surface area contributed by atoms with Gasteiger partial charge in [0.2, 0.25) is 0 Å². The van der Waals surface area contributed by atoms with Crippen molar-refractivity contribution in [2.24, 2.45) is 0 Å². The molecule has 0 unspecified atom stereocenters. The monoisotopic (exact) mass is 266 g/mol. The van der Waals surface area contributed by atoms with Crippen LogP contribution in [0.2, 0.25) is 5.02 Å². The van der Waals surface area contributed by atoms with Crippen LogP contribution >= 0.6 is 11.6 Å². The fourth-order valence-corrected chi connectivity index (χ4v) is 1.60. The molecule has 1 aromatic carbocycles. The number of carbonyl (C=O) groups is 1. The molecule has 0 amide bonds. The number of hydrogen-bond donors (Lipinski definition) is 0. The first-order chi connectivity index (χ1) is 8.63. The van der Waals surface area contributed by atoms with Crippen molar-refractivity contribution in [1.29, 1.82) is 0 Å². The van der Waals surface area contributed by atoms with Crippen molar-refractivity contribution in [3.63, 3.8) is 0 Å². The van der Waals surface area contributed by atoms with Gasteiger partial charge < -0.3 is 4.74 Å². The molecule has 1 aromatic heterocycles. The Hall–Kier alpha value is -2.01. The number of nitrogens with zero attached hydrogens (tertiary/aromatic N) is 2. The van der Waals surface area contributed by atoms with E-state index in [-0.39, 0.29) is 10.7 Å². The van der Waals surface area contributed by atoms with Crippen LogP contribution in [0, 0.1) is 5.82 Å². The van der Waals surface area contributed by atoms with E-state index >= 15 is 0 Å². The molecule has 0 radical (unpaired) electrons. The van der Waals surface area contributed by atoms with Gasteiger partial charge in [0.05, 0.1) is 30.2 Å². The summed E-state index contributed by atoms with van der Waals surface area (Å²) in [6.07, 6.45) is 2.59. The molecular formula is C12H8ClFN2O2. The Morgan fingerprint density at radius 2 is 2.11 bits per heavy atom. The molecule has 0 N–H and O–H groups in total.